The minimum absolute atomic E-state index is 0.463. The maximum absolute atomic E-state index is 5.62. The van der Waals surface area contributed by atoms with Crippen molar-refractivity contribution in [1.29, 1.82) is 0 Å². The second kappa shape index (κ2) is 9.68. The molecule has 0 unspecified atom stereocenters. The normalized spacial score (nSPS) is 11.2. The zero-order valence-electron chi connectivity index (χ0n) is 14.7. The minimum Gasteiger partial charge on any atom is -0.497 e. The number of oxime groups is 1. The van der Waals surface area contributed by atoms with E-state index in [1.807, 2.05) is 60.7 Å². The third kappa shape index (κ3) is 5.39. The van der Waals surface area contributed by atoms with Gasteiger partial charge < -0.3 is 9.57 Å². The highest BCUT2D eigenvalue weighted by atomic mass is 32.2. The molecule has 0 aliphatic rings. The summed E-state index contributed by atoms with van der Waals surface area (Å²) in [5, 5.41) is 4.41. The molecule has 0 saturated heterocycles. The molecule has 3 aromatic rings. The Morgan fingerprint density at radius 3 is 2.15 bits per heavy atom. The quantitative estimate of drug-likeness (QED) is 0.305. The van der Waals surface area contributed by atoms with E-state index in [0.717, 1.165) is 33.2 Å². The summed E-state index contributed by atoms with van der Waals surface area (Å²) in [5.74, 6) is 1.59. The van der Waals surface area contributed by atoms with E-state index in [4.69, 9.17) is 9.57 Å². The van der Waals surface area contributed by atoms with Crippen LogP contribution in [0.25, 0.3) is 0 Å². The van der Waals surface area contributed by atoms with Gasteiger partial charge >= 0.3 is 0 Å². The summed E-state index contributed by atoms with van der Waals surface area (Å²) in [4.78, 5) is 6.78. The lowest BCUT2D eigenvalue weighted by atomic mass is 10.1. The summed E-state index contributed by atoms with van der Waals surface area (Å²) in [6.45, 7) is 0.463. The molecule has 0 saturated carbocycles. The number of hydrogen-bond acceptors (Lipinski definition) is 4. The summed E-state index contributed by atoms with van der Waals surface area (Å²) in [6, 6.07) is 28.2. The maximum Gasteiger partial charge on any atom is 0.142 e. The first kappa shape index (κ1) is 18.1. The largest absolute Gasteiger partial charge is 0.497 e. The molecule has 0 aliphatic carbocycles. The average Bonchev–Trinajstić information content (AvgIpc) is 2.72. The third-order valence-electron chi connectivity index (χ3n) is 3.79. The van der Waals surface area contributed by atoms with Crippen molar-refractivity contribution in [2.24, 2.45) is 5.16 Å². The van der Waals surface area contributed by atoms with Crippen LogP contribution in [0.4, 0.5) is 0 Å². The highest BCUT2D eigenvalue weighted by molar-refractivity contribution is 8.00. The molecule has 3 aromatic carbocycles. The molecule has 3 rings (SSSR count). The molecule has 0 spiro atoms. The predicted molar refractivity (Wildman–Crippen MR) is 108 cm³/mol. The Balaban J connectivity index is 1.67. The molecular weight excluding hydrogens is 342 g/mol. The molecule has 0 heterocycles. The van der Waals surface area contributed by atoms with E-state index in [2.05, 4.69) is 29.4 Å². The van der Waals surface area contributed by atoms with Gasteiger partial charge in [0.2, 0.25) is 0 Å². The van der Waals surface area contributed by atoms with Crippen molar-refractivity contribution >= 4 is 17.5 Å². The van der Waals surface area contributed by atoms with Crippen LogP contribution in [0.5, 0.6) is 5.75 Å². The van der Waals surface area contributed by atoms with Crippen LogP contribution >= 0.6 is 11.8 Å². The molecular formula is C22H21NO2S. The summed E-state index contributed by atoms with van der Waals surface area (Å²) in [7, 11) is 1.67. The topological polar surface area (TPSA) is 30.8 Å². The smallest absolute Gasteiger partial charge is 0.142 e. The SMILES string of the molecule is COc1ccc(SC/C(=N\OCc2ccccc2)c2ccccc2)cc1. The highest BCUT2D eigenvalue weighted by Gasteiger charge is 2.06. The monoisotopic (exact) mass is 363 g/mol. The van der Waals surface area contributed by atoms with E-state index < -0.39 is 0 Å². The summed E-state index contributed by atoms with van der Waals surface area (Å²) < 4.78 is 5.21. The molecule has 0 amide bonds. The Morgan fingerprint density at radius 1 is 0.846 bits per heavy atom. The van der Waals surface area contributed by atoms with Crippen LogP contribution in [0, 0.1) is 0 Å². The van der Waals surface area contributed by atoms with Crippen LogP contribution in [-0.4, -0.2) is 18.6 Å². The number of hydrogen-bond donors (Lipinski definition) is 0. The van der Waals surface area contributed by atoms with Crippen LogP contribution in [-0.2, 0) is 11.4 Å². The van der Waals surface area contributed by atoms with Crippen LogP contribution in [0.2, 0.25) is 0 Å². The number of nitrogens with zero attached hydrogens (tertiary/aromatic N) is 1. The number of benzene rings is 3. The molecule has 3 nitrogen and oxygen atoms in total. The summed E-state index contributed by atoms with van der Waals surface area (Å²) in [6.07, 6.45) is 0. The lowest BCUT2D eigenvalue weighted by Crippen LogP contribution is -2.05. The van der Waals surface area contributed by atoms with Gasteiger partial charge in [0, 0.05) is 16.2 Å². The zero-order chi connectivity index (χ0) is 18.0. The van der Waals surface area contributed by atoms with E-state index >= 15 is 0 Å². The van der Waals surface area contributed by atoms with Crippen molar-refractivity contribution in [2.75, 3.05) is 12.9 Å². The Labute approximate surface area is 158 Å². The van der Waals surface area contributed by atoms with Gasteiger partial charge in [-0.05, 0) is 29.8 Å². The predicted octanol–water partition coefficient (Wildman–Crippen LogP) is 5.41. The van der Waals surface area contributed by atoms with Crippen molar-refractivity contribution in [3.63, 3.8) is 0 Å². The molecule has 0 fully saturated rings. The van der Waals surface area contributed by atoms with E-state index in [1.54, 1.807) is 18.9 Å². The molecule has 0 aromatic heterocycles. The fourth-order valence-electron chi connectivity index (χ4n) is 2.38. The second-order valence-electron chi connectivity index (χ2n) is 5.63. The average molecular weight is 363 g/mol. The summed E-state index contributed by atoms with van der Waals surface area (Å²) >= 11 is 1.72. The van der Waals surface area contributed by atoms with Gasteiger partial charge in [0.05, 0.1) is 12.8 Å². The Hall–Kier alpha value is -2.72. The fourth-order valence-corrected chi connectivity index (χ4v) is 3.23. The first-order valence-corrected chi connectivity index (χ1v) is 9.39. The van der Waals surface area contributed by atoms with Crippen molar-refractivity contribution in [3.8, 4) is 5.75 Å². The third-order valence-corrected chi connectivity index (χ3v) is 4.81. The van der Waals surface area contributed by atoms with Crippen molar-refractivity contribution in [3.05, 3.63) is 96.1 Å². The van der Waals surface area contributed by atoms with Gasteiger partial charge in [-0.15, -0.1) is 11.8 Å². The number of ether oxygens (including phenoxy) is 1. The van der Waals surface area contributed by atoms with Crippen molar-refractivity contribution in [1.82, 2.24) is 0 Å². The van der Waals surface area contributed by atoms with Gasteiger partial charge in [-0.2, -0.15) is 0 Å². The Bertz CT molecular complexity index is 818. The van der Waals surface area contributed by atoms with Crippen LogP contribution in [0.3, 0.4) is 0 Å². The number of methoxy groups -OCH3 is 1. The van der Waals surface area contributed by atoms with E-state index in [9.17, 15) is 0 Å². The Kier molecular flexibility index (Phi) is 6.73. The Morgan fingerprint density at radius 2 is 1.50 bits per heavy atom. The molecule has 26 heavy (non-hydrogen) atoms. The number of rotatable bonds is 8. The van der Waals surface area contributed by atoms with E-state index in [0.29, 0.717) is 6.61 Å². The van der Waals surface area contributed by atoms with Crippen LogP contribution in [0.1, 0.15) is 11.1 Å². The maximum atomic E-state index is 5.62. The minimum atomic E-state index is 0.463. The molecule has 132 valence electrons. The lowest BCUT2D eigenvalue weighted by molar-refractivity contribution is 0.130. The van der Waals surface area contributed by atoms with E-state index in [-0.39, 0.29) is 0 Å². The zero-order valence-corrected chi connectivity index (χ0v) is 15.5. The van der Waals surface area contributed by atoms with Crippen LogP contribution < -0.4 is 4.74 Å². The second-order valence-corrected chi connectivity index (χ2v) is 6.68. The standard InChI is InChI=1S/C22H21NO2S/c1-24-20-12-14-21(15-13-20)26-17-22(19-10-6-3-7-11-19)23-25-16-18-8-4-2-5-9-18/h2-15H,16-17H2,1H3/b23-22+. The molecule has 0 bridgehead atoms. The molecule has 0 radical (unpaired) electrons. The molecule has 4 heteroatoms. The van der Waals surface area contributed by atoms with Gasteiger partial charge in [-0.1, -0.05) is 65.8 Å². The van der Waals surface area contributed by atoms with Gasteiger partial charge in [-0.3, -0.25) is 0 Å². The van der Waals surface area contributed by atoms with Crippen LogP contribution in [0.15, 0.2) is 95.0 Å². The molecule has 0 atom stereocenters. The van der Waals surface area contributed by atoms with Gasteiger partial charge in [0.25, 0.3) is 0 Å². The first-order chi connectivity index (χ1) is 12.8. The number of thioether (sulfide) groups is 1. The van der Waals surface area contributed by atoms with Gasteiger partial charge in [0.15, 0.2) is 0 Å². The first-order valence-electron chi connectivity index (χ1n) is 8.40. The summed E-state index contributed by atoms with van der Waals surface area (Å²) in [5.41, 5.74) is 3.09. The van der Waals surface area contributed by atoms with Gasteiger partial charge in [-0.25, -0.2) is 0 Å². The molecule has 0 aliphatic heterocycles. The van der Waals surface area contributed by atoms with E-state index in [1.165, 1.54) is 0 Å². The van der Waals surface area contributed by atoms with Crippen molar-refractivity contribution < 1.29 is 9.57 Å². The highest BCUT2D eigenvalue weighted by Crippen LogP contribution is 2.22. The van der Waals surface area contributed by atoms with Crippen molar-refractivity contribution in [2.45, 2.75) is 11.5 Å². The fraction of sp³-hybridized carbons (Fsp3) is 0.136. The van der Waals surface area contributed by atoms with Gasteiger partial charge in [0.1, 0.15) is 12.4 Å². The lowest BCUT2D eigenvalue weighted by Gasteiger charge is -2.08. The molecule has 0 N–H and O–H groups in total.